The van der Waals surface area contributed by atoms with E-state index in [4.69, 9.17) is 4.74 Å². The molecule has 1 aromatic heterocycles. The van der Waals surface area contributed by atoms with E-state index in [9.17, 15) is 0 Å². The first-order valence-corrected chi connectivity index (χ1v) is 7.58. The van der Waals surface area contributed by atoms with Crippen LogP contribution >= 0.6 is 11.3 Å². The van der Waals surface area contributed by atoms with Gasteiger partial charge in [-0.1, -0.05) is 25.1 Å². The molecule has 2 rings (SSSR count). The van der Waals surface area contributed by atoms with Gasteiger partial charge in [0.1, 0.15) is 12.4 Å². The van der Waals surface area contributed by atoms with Crippen molar-refractivity contribution in [3.8, 4) is 5.75 Å². The fourth-order valence-electron chi connectivity index (χ4n) is 1.96. The minimum Gasteiger partial charge on any atom is -0.492 e. The van der Waals surface area contributed by atoms with Crippen LogP contribution in [-0.2, 0) is 13.0 Å². The Bertz CT molecular complexity index is 507. The normalized spacial score (nSPS) is 10.6. The molecule has 0 atom stereocenters. The van der Waals surface area contributed by atoms with E-state index in [1.165, 1.54) is 15.3 Å². The summed E-state index contributed by atoms with van der Waals surface area (Å²) in [6.07, 6.45) is 1.01. The molecule has 0 fully saturated rings. The average molecular weight is 275 g/mol. The van der Waals surface area contributed by atoms with E-state index in [2.05, 4.69) is 43.4 Å². The van der Waals surface area contributed by atoms with Gasteiger partial charge in [0, 0.05) is 22.8 Å². The monoisotopic (exact) mass is 275 g/mol. The molecule has 0 aliphatic rings. The Labute approximate surface area is 119 Å². The molecule has 0 aliphatic heterocycles. The van der Waals surface area contributed by atoms with Crippen LogP contribution < -0.4 is 10.1 Å². The highest BCUT2D eigenvalue weighted by molar-refractivity contribution is 7.11. The molecule has 102 valence electrons. The second-order valence-corrected chi connectivity index (χ2v) is 5.87. The van der Waals surface area contributed by atoms with Crippen molar-refractivity contribution >= 4 is 11.3 Å². The summed E-state index contributed by atoms with van der Waals surface area (Å²) in [5.74, 6) is 1.01. The zero-order chi connectivity index (χ0) is 13.5. The van der Waals surface area contributed by atoms with Gasteiger partial charge in [0.2, 0.25) is 0 Å². The van der Waals surface area contributed by atoms with Crippen LogP contribution in [-0.4, -0.2) is 13.2 Å². The Morgan fingerprint density at radius 3 is 2.74 bits per heavy atom. The van der Waals surface area contributed by atoms with E-state index in [-0.39, 0.29) is 0 Å². The highest BCUT2D eigenvalue weighted by atomic mass is 32.1. The van der Waals surface area contributed by atoms with E-state index in [0.29, 0.717) is 6.61 Å². The third kappa shape index (κ3) is 4.37. The summed E-state index contributed by atoms with van der Waals surface area (Å²) >= 11 is 1.84. The minimum absolute atomic E-state index is 0.710. The zero-order valence-corrected chi connectivity index (χ0v) is 12.4. The third-order valence-corrected chi connectivity index (χ3v) is 3.99. The van der Waals surface area contributed by atoms with Gasteiger partial charge in [-0.15, -0.1) is 11.3 Å². The van der Waals surface area contributed by atoms with E-state index in [1.54, 1.807) is 0 Å². The Morgan fingerprint density at radius 1 is 1.16 bits per heavy atom. The summed E-state index contributed by atoms with van der Waals surface area (Å²) in [5.41, 5.74) is 1.27. The Kier molecular flexibility index (Phi) is 5.43. The number of ether oxygens (including phenoxy) is 1. The number of hydrogen-bond acceptors (Lipinski definition) is 3. The molecule has 1 N–H and O–H groups in total. The SMILES string of the molecule is CCc1ccccc1OCCNCc1ccc(C)s1. The topological polar surface area (TPSA) is 21.3 Å². The van der Waals surface area contributed by atoms with Gasteiger partial charge in [0.15, 0.2) is 0 Å². The van der Waals surface area contributed by atoms with Crippen LogP contribution in [0.2, 0.25) is 0 Å². The molecule has 2 aromatic rings. The van der Waals surface area contributed by atoms with Crippen molar-refractivity contribution in [1.82, 2.24) is 5.32 Å². The highest BCUT2D eigenvalue weighted by Gasteiger charge is 2.00. The number of thiophene rings is 1. The van der Waals surface area contributed by atoms with E-state index < -0.39 is 0 Å². The standard InChI is InChI=1S/C16H21NOS/c1-3-14-6-4-5-7-16(14)18-11-10-17-12-15-9-8-13(2)19-15/h4-9,17H,3,10-12H2,1-2H3. The number of rotatable bonds is 7. The first-order valence-electron chi connectivity index (χ1n) is 6.76. The van der Waals surface area contributed by atoms with Crippen LogP contribution in [0.1, 0.15) is 22.2 Å². The Balaban J connectivity index is 1.69. The first kappa shape index (κ1) is 14.1. The van der Waals surface area contributed by atoms with Crippen LogP contribution in [0.5, 0.6) is 5.75 Å². The second-order valence-electron chi connectivity index (χ2n) is 4.50. The molecule has 0 aliphatic carbocycles. The fourth-order valence-corrected chi connectivity index (χ4v) is 2.82. The molecule has 1 aromatic carbocycles. The van der Waals surface area contributed by atoms with Crippen molar-refractivity contribution in [2.75, 3.05) is 13.2 Å². The smallest absolute Gasteiger partial charge is 0.122 e. The fraction of sp³-hybridized carbons (Fsp3) is 0.375. The second kappa shape index (κ2) is 7.31. The lowest BCUT2D eigenvalue weighted by Crippen LogP contribution is -2.20. The van der Waals surface area contributed by atoms with Crippen LogP contribution in [0.15, 0.2) is 36.4 Å². The van der Waals surface area contributed by atoms with E-state index in [1.807, 2.05) is 23.5 Å². The molecule has 0 amide bonds. The first-order chi connectivity index (χ1) is 9.29. The molecular weight excluding hydrogens is 254 g/mol. The number of nitrogens with one attached hydrogen (secondary N) is 1. The van der Waals surface area contributed by atoms with Crippen molar-refractivity contribution in [2.45, 2.75) is 26.8 Å². The van der Waals surface area contributed by atoms with Gasteiger partial charge >= 0.3 is 0 Å². The predicted octanol–water partition coefficient (Wildman–Crippen LogP) is 3.79. The lowest BCUT2D eigenvalue weighted by Gasteiger charge is -2.10. The largest absolute Gasteiger partial charge is 0.492 e. The molecule has 0 saturated carbocycles. The average Bonchev–Trinajstić information content (AvgIpc) is 2.84. The number of aryl methyl sites for hydroxylation is 2. The minimum atomic E-state index is 0.710. The highest BCUT2D eigenvalue weighted by Crippen LogP contribution is 2.18. The van der Waals surface area contributed by atoms with Gasteiger partial charge < -0.3 is 10.1 Å². The predicted molar refractivity (Wildman–Crippen MR) is 82.1 cm³/mol. The van der Waals surface area contributed by atoms with E-state index in [0.717, 1.165) is 25.3 Å². The third-order valence-electron chi connectivity index (χ3n) is 2.99. The molecule has 0 spiro atoms. The summed E-state index contributed by atoms with van der Waals surface area (Å²) in [6.45, 7) is 6.80. The summed E-state index contributed by atoms with van der Waals surface area (Å²) in [5, 5.41) is 3.41. The summed E-state index contributed by atoms with van der Waals surface area (Å²) in [7, 11) is 0. The zero-order valence-electron chi connectivity index (χ0n) is 11.6. The summed E-state index contributed by atoms with van der Waals surface area (Å²) in [4.78, 5) is 2.75. The van der Waals surface area contributed by atoms with Crippen molar-refractivity contribution in [1.29, 1.82) is 0 Å². The van der Waals surface area contributed by atoms with Crippen LogP contribution in [0.4, 0.5) is 0 Å². The van der Waals surface area contributed by atoms with Gasteiger partial charge in [0.25, 0.3) is 0 Å². The summed E-state index contributed by atoms with van der Waals surface area (Å²) in [6, 6.07) is 12.6. The Hall–Kier alpha value is -1.32. The molecular formula is C16H21NOS. The molecule has 2 nitrogen and oxygen atoms in total. The van der Waals surface area contributed by atoms with Gasteiger partial charge in [-0.2, -0.15) is 0 Å². The van der Waals surface area contributed by atoms with Crippen molar-refractivity contribution in [2.24, 2.45) is 0 Å². The molecule has 0 saturated heterocycles. The van der Waals surface area contributed by atoms with Crippen LogP contribution in [0.3, 0.4) is 0 Å². The Morgan fingerprint density at radius 2 is 2.00 bits per heavy atom. The van der Waals surface area contributed by atoms with Crippen molar-refractivity contribution in [3.63, 3.8) is 0 Å². The molecule has 1 heterocycles. The summed E-state index contributed by atoms with van der Waals surface area (Å²) < 4.78 is 5.81. The van der Waals surface area contributed by atoms with Crippen LogP contribution in [0.25, 0.3) is 0 Å². The molecule has 0 bridgehead atoms. The maximum Gasteiger partial charge on any atom is 0.122 e. The maximum atomic E-state index is 5.81. The lowest BCUT2D eigenvalue weighted by atomic mass is 10.1. The quantitative estimate of drug-likeness (QED) is 0.776. The molecule has 0 radical (unpaired) electrons. The number of para-hydroxylation sites is 1. The van der Waals surface area contributed by atoms with Crippen molar-refractivity contribution < 1.29 is 4.74 Å². The van der Waals surface area contributed by atoms with E-state index >= 15 is 0 Å². The van der Waals surface area contributed by atoms with Crippen molar-refractivity contribution in [3.05, 3.63) is 51.7 Å². The number of benzene rings is 1. The molecule has 0 unspecified atom stereocenters. The van der Waals surface area contributed by atoms with Crippen LogP contribution in [0, 0.1) is 6.92 Å². The number of hydrogen-bond donors (Lipinski definition) is 1. The molecule has 3 heteroatoms. The van der Waals surface area contributed by atoms with Gasteiger partial charge in [-0.05, 0) is 37.1 Å². The maximum absolute atomic E-state index is 5.81. The van der Waals surface area contributed by atoms with Gasteiger partial charge in [0.05, 0.1) is 0 Å². The van der Waals surface area contributed by atoms with Gasteiger partial charge in [-0.3, -0.25) is 0 Å². The molecule has 19 heavy (non-hydrogen) atoms. The lowest BCUT2D eigenvalue weighted by molar-refractivity contribution is 0.311. The van der Waals surface area contributed by atoms with Gasteiger partial charge in [-0.25, -0.2) is 0 Å².